The summed E-state index contributed by atoms with van der Waals surface area (Å²) in [6, 6.07) is 28.9. The number of para-hydroxylation sites is 1. The van der Waals surface area contributed by atoms with E-state index in [1.165, 1.54) is 0 Å². The highest BCUT2D eigenvalue weighted by Gasteiger charge is 2.36. The first-order chi connectivity index (χ1) is 19.1. The molecule has 0 N–H and O–H groups in total. The van der Waals surface area contributed by atoms with E-state index in [1.807, 2.05) is 55.6 Å². The predicted octanol–water partition coefficient (Wildman–Crippen LogP) is 7.01. The van der Waals surface area contributed by atoms with Crippen LogP contribution >= 0.6 is 0 Å². The van der Waals surface area contributed by atoms with Gasteiger partial charge >= 0.3 is 0 Å². The molecule has 0 saturated heterocycles. The van der Waals surface area contributed by atoms with E-state index in [2.05, 4.69) is 35.2 Å². The molecule has 4 aromatic carbocycles. The fourth-order valence-corrected chi connectivity index (χ4v) is 5.23. The van der Waals surface area contributed by atoms with Crippen LogP contribution < -0.4 is 9.64 Å². The van der Waals surface area contributed by atoms with Crippen LogP contribution in [-0.2, 0) is 0 Å². The van der Waals surface area contributed by atoms with Gasteiger partial charge in [-0.05, 0) is 35.2 Å². The number of rotatable bonds is 5. The van der Waals surface area contributed by atoms with Crippen molar-refractivity contribution in [2.45, 2.75) is 6.42 Å². The highest BCUT2D eigenvalue weighted by Crippen LogP contribution is 2.40. The van der Waals surface area contributed by atoms with Crippen LogP contribution in [0.25, 0.3) is 22.4 Å². The number of nitriles is 1. The van der Waals surface area contributed by atoms with Crippen LogP contribution in [0.2, 0.25) is 0 Å². The lowest BCUT2D eigenvalue weighted by molar-refractivity contribution is 0.0990. The van der Waals surface area contributed by atoms with E-state index in [-0.39, 0.29) is 17.1 Å². The molecule has 188 valence electrons. The molecule has 1 aliphatic heterocycles. The summed E-state index contributed by atoms with van der Waals surface area (Å²) in [7, 11) is 1.99. The highest BCUT2D eigenvalue weighted by molar-refractivity contribution is 6.43. The number of carbonyl (C=O) groups excluding carboxylic acids is 2. The van der Waals surface area contributed by atoms with Crippen molar-refractivity contribution in [1.29, 1.82) is 5.26 Å². The molecule has 0 spiro atoms. The standard InChI is InChI=1S/C34H24N2O3/c1-36(20-8-19-35)30-18-16-22(24-9-2-3-10-25(24)30)15-17-23-21-29(26-11-6-7-14-31(26)39-23)32-33(37)27-12-4-5-13-28(27)34(32)38/h2-7,9-18,21H,8,20H2,1H3. The van der Waals surface area contributed by atoms with E-state index in [1.54, 1.807) is 30.3 Å². The molecule has 0 aromatic heterocycles. The Morgan fingerprint density at radius 3 is 2.15 bits per heavy atom. The predicted molar refractivity (Wildman–Crippen MR) is 154 cm³/mol. The van der Waals surface area contributed by atoms with Gasteiger partial charge in [0.2, 0.25) is 0 Å². The number of allylic oxidation sites excluding steroid dienone is 4. The van der Waals surface area contributed by atoms with Crippen LogP contribution in [0.1, 0.15) is 38.3 Å². The Labute approximate surface area is 226 Å². The van der Waals surface area contributed by atoms with Crippen LogP contribution in [-0.4, -0.2) is 25.2 Å². The molecular formula is C34H24N2O3. The first kappa shape index (κ1) is 24.1. The minimum Gasteiger partial charge on any atom is -0.457 e. The van der Waals surface area contributed by atoms with Gasteiger partial charge in [-0.2, -0.15) is 5.26 Å². The first-order valence-electron chi connectivity index (χ1n) is 12.8. The van der Waals surface area contributed by atoms with Crippen molar-refractivity contribution in [3.05, 3.63) is 131 Å². The average molecular weight is 509 g/mol. The van der Waals surface area contributed by atoms with E-state index >= 15 is 0 Å². The van der Waals surface area contributed by atoms with Crippen LogP contribution in [0.3, 0.4) is 0 Å². The molecule has 39 heavy (non-hydrogen) atoms. The van der Waals surface area contributed by atoms with E-state index in [4.69, 9.17) is 10.00 Å². The summed E-state index contributed by atoms with van der Waals surface area (Å²) >= 11 is 0. The lowest BCUT2D eigenvalue weighted by Crippen LogP contribution is -2.18. The number of hydrogen-bond acceptors (Lipinski definition) is 5. The second-order valence-corrected chi connectivity index (χ2v) is 9.52. The van der Waals surface area contributed by atoms with Crippen LogP contribution in [0, 0.1) is 11.3 Å². The largest absolute Gasteiger partial charge is 0.457 e. The zero-order valence-electron chi connectivity index (χ0n) is 21.3. The summed E-state index contributed by atoms with van der Waals surface area (Å²) in [5, 5.41) is 11.2. The number of fused-ring (bicyclic) bond motifs is 3. The normalized spacial score (nSPS) is 14.2. The molecule has 0 fully saturated rings. The van der Waals surface area contributed by atoms with Crippen molar-refractivity contribution in [3.8, 4) is 11.8 Å². The topological polar surface area (TPSA) is 70.4 Å². The van der Waals surface area contributed by atoms with Crippen LogP contribution in [0.5, 0.6) is 5.75 Å². The molecule has 0 saturated carbocycles. The molecule has 0 radical (unpaired) electrons. The van der Waals surface area contributed by atoms with Gasteiger partial charge in [-0.1, -0.05) is 78.9 Å². The van der Waals surface area contributed by atoms with E-state index in [9.17, 15) is 9.59 Å². The SMILES string of the molecule is CN(CCC#N)c1ccc(C=CC2=CC(=C3C(=O)c4ccccc4C3=O)c3ccccc3O2)c2ccccc12. The monoisotopic (exact) mass is 508 g/mol. The molecule has 0 bridgehead atoms. The zero-order valence-corrected chi connectivity index (χ0v) is 21.3. The van der Waals surface area contributed by atoms with Crippen molar-refractivity contribution >= 4 is 39.7 Å². The van der Waals surface area contributed by atoms with E-state index in [0.29, 0.717) is 41.2 Å². The van der Waals surface area contributed by atoms with E-state index in [0.717, 1.165) is 27.6 Å². The maximum absolute atomic E-state index is 13.3. The number of benzene rings is 4. The number of anilines is 1. The average Bonchev–Trinajstić information content (AvgIpc) is 3.23. The molecular weight excluding hydrogens is 484 g/mol. The fourth-order valence-electron chi connectivity index (χ4n) is 5.23. The first-order valence-corrected chi connectivity index (χ1v) is 12.8. The highest BCUT2D eigenvalue weighted by atomic mass is 16.5. The summed E-state index contributed by atoms with van der Waals surface area (Å²) in [4.78, 5) is 28.7. The number of ether oxygens (including phenoxy) is 1. The Morgan fingerprint density at radius 1 is 0.795 bits per heavy atom. The number of Topliss-reactive ketones (excluding diaryl/α,β-unsaturated/α-hetero) is 2. The number of carbonyl (C=O) groups is 2. The van der Waals surface area contributed by atoms with Crippen LogP contribution in [0.4, 0.5) is 5.69 Å². The molecule has 0 atom stereocenters. The van der Waals surface area contributed by atoms with Gasteiger partial charge < -0.3 is 9.64 Å². The van der Waals surface area contributed by atoms with Gasteiger partial charge in [-0.25, -0.2) is 0 Å². The molecule has 0 unspecified atom stereocenters. The molecule has 5 nitrogen and oxygen atoms in total. The van der Waals surface area contributed by atoms with E-state index < -0.39 is 0 Å². The summed E-state index contributed by atoms with van der Waals surface area (Å²) < 4.78 is 6.19. The summed E-state index contributed by atoms with van der Waals surface area (Å²) in [6.45, 7) is 0.647. The van der Waals surface area contributed by atoms with Gasteiger partial charge in [0.1, 0.15) is 11.5 Å². The molecule has 5 heteroatoms. The Hall–Kier alpha value is -5.21. The molecule has 6 rings (SSSR count). The summed E-state index contributed by atoms with van der Waals surface area (Å²) in [5.74, 6) is 0.609. The lowest BCUT2D eigenvalue weighted by atomic mass is 9.93. The van der Waals surface area contributed by atoms with Crippen molar-refractivity contribution in [2.75, 3.05) is 18.5 Å². The van der Waals surface area contributed by atoms with Gasteiger partial charge in [-0.15, -0.1) is 0 Å². The Balaban J connectivity index is 1.42. The van der Waals surface area contributed by atoms with Crippen LogP contribution in [0.15, 0.2) is 108 Å². The maximum Gasteiger partial charge on any atom is 0.198 e. The third-order valence-electron chi connectivity index (χ3n) is 7.16. The maximum atomic E-state index is 13.3. The third kappa shape index (κ3) is 4.22. The quantitative estimate of drug-likeness (QED) is 0.214. The minimum absolute atomic E-state index is 0.174. The number of hydrogen-bond donors (Lipinski definition) is 0. The van der Waals surface area contributed by atoms with Gasteiger partial charge in [0.05, 0.1) is 18.1 Å². The molecule has 2 aliphatic rings. The second kappa shape index (κ2) is 9.92. The molecule has 1 aliphatic carbocycles. The molecule has 0 amide bonds. The minimum atomic E-state index is -0.260. The van der Waals surface area contributed by atoms with Crippen molar-refractivity contribution < 1.29 is 14.3 Å². The number of ketones is 2. The smallest absolute Gasteiger partial charge is 0.198 e. The summed E-state index contributed by atoms with van der Waals surface area (Å²) in [5.41, 5.74) is 4.40. The van der Waals surface area contributed by atoms with Crippen molar-refractivity contribution in [2.24, 2.45) is 0 Å². The summed E-state index contributed by atoms with van der Waals surface area (Å²) in [6.07, 6.45) is 6.08. The van der Waals surface area contributed by atoms with Gasteiger partial charge in [-0.3, -0.25) is 9.59 Å². The lowest BCUT2D eigenvalue weighted by Gasteiger charge is -2.21. The van der Waals surface area contributed by atoms with Gasteiger partial charge in [0.15, 0.2) is 11.6 Å². The Bertz CT molecular complexity index is 1770. The number of nitrogens with zero attached hydrogens (tertiary/aromatic N) is 2. The van der Waals surface area contributed by atoms with Gasteiger partial charge in [0, 0.05) is 46.9 Å². The van der Waals surface area contributed by atoms with Crippen molar-refractivity contribution in [3.63, 3.8) is 0 Å². The Kier molecular flexibility index (Phi) is 6.14. The Morgan fingerprint density at radius 2 is 1.44 bits per heavy atom. The molecule has 4 aromatic rings. The zero-order chi connectivity index (χ0) is 26.9. The van der Waals surface area contributed by atoms with Crippen molar-refractivity contribution in [1.82, 2.24) is 0 Å². The fraction of sp³-hybridized carbons (Fsp3) is 0.0882. The van der Waals surface area contributed by atoms with Gasteiger partial charge in [0.25, 0.3) is 0 Å². The second-order valence-electron chi connectivity index (χ2n) is 9.52. The third-order valence-corrected chi connectivity index (χ3v) is 7.16. The molecule has 1 heterocycles.